The first-order chi connectivity index (χ1) is 11.1. The molecule has 0 aliphatic carbocycles. The van der Waals surface area contributed by atoms with Gasteiger partial charge in [0.2, 0.25) is 5.91 Å². The van der Waals surface area contributed by atoms with E-state index in [1.165, 1.54) is 24.9 Å². The van der Waals surface area contributed by atoms with Crippen LogP contribution in [-0.4, -0.2) is 54.8 Å². The van der Waals surface area contributed by atoms with E-state index in [1.807, 2.05) is 4.90 Å². The van der Waals surface area contributed by atoms with Crippen LogP contribution in [0.4, 0.5) is 5.69 Å². The SMILES string of the molecule is COc1ccc(CSCC(=O)N2CCCNCC2)cc1[N+](=O)[O-].Cl. The van der Waals surface area contributed by atoms with E-state index >= 15 is 0 Å². The van der Waals surface area contributed by atoms with E-state index in [0.717, 1.165) is 38.2 Å². The summed E-state index contributed by atoms with van der Waals surface area (Å²) >= 11 is 1.47. The smallest absolute Gasteiger partial charge is 0.311 e. The molecule has 1 aromatic carbocycles. The Balaban J connectivity index is 0.00000288. The summed E-state index contributed by atoms with van der Waals surface area (Å²) in [5, 5.41) is 14.3. The number of hydrogen-bond donors (Lipinski definition) is 1. The molecule has 1 amide bonds. The summed E-state index contributed by atoms with van der Waals surface area (Å²) in [6.07, 6.45) is 0.973. The van der Waals surface area contributed by atoms with Crippen molar-refractivity contribution in [2.24, 2.45) is 0 Å². The molecule has 1 aromatic rings. The molecule has 1 saturated heterocycles. The van der Waals surface area contributed by atoms with Crippen LogP contribution in [0.25, 0.3) is 0 Å². The van der Waals surface area contributed by atoms with Gasteiger partial charge in [-0.25, -0.2) is 0 Å². The molecule has 1 aliphatic heterocycles. The van der Waals surface area contributed by atoms with Crippen LogP contribution < -0.4 is 10.1 Å². The Hall–Kier alpha value is -1.51. The molecule has 134 valence electrons. The third-order valence-electron chi connectivity index (χ3n) is 3.63. The average Bonchev–Trinajstić information content (AvgIpc) is 2.84. The molecule has 2 rings (SSSR count). The Morgan fingerprint density at radius 1 is 1.42 bits per heavy atom. The second kappa shape index (κ2) is 10.4. The third kappa shape index (κ3) is 5.85. The van der Waals surface area contributed by atoms with Crippen molar-refractivity contribution in [3.05, 3.63) is 33.9 Å². The molecule has 0 spiro atoms. The first-order valence-electron chi connectivity index (χ1n) is 7.49. The molecule has 9 heteroatoms. The zero-order valence-electron chi connectivity index (χ0n) is 13.5. The molecule has 1 fully saturated rings. The minimum atomic E-state index is -0.456. The van der Waals surface area contributed by atoms with Crippen LogP contribution in [0.5, 0.6) is 5.75 Å². The first kappa shape index (κ1) is 20.5. The minimum Gasteiger partial charge on any atom is -0.490 e. The van der Waals surface area contributed by atoms with Crippen molar-refractivity contribution >= 4 is 35.8 Å². The van der Waals surface area contributed by atoms with Gasteiger partial charge in [0.05, 0.1) is 17.8 Å². The lowest BCUT2D eigenvalue weighted by molar-refractivity contribution is -0.385. The summed E-state index contributed by atoms with van der Waals surface area (Å²) in [6, 6.07) is 4.89. The van der Waals surface area contributed by atoms with E-state index < -0.39 is 4.92 Å². The molecule has 0 saturated carbocycles. The number of benzene rings is 1. The van der Waals surface area contributed by atoms with Crippen LogP contribution in [0.3, 0.4) is 0 Å². The zero-order chi connectivity index (χ0) is 16.7. The Morgan fingerprint density at radius 2 is 2.21 bits per heavy atom. The van der Waals surface area contributed by atoms with Gasteiger partial charge < -0.3 is 15.0 Å². The van der Waals surface area contributed by atoms with Gasteiger partial charge in [-0.3, -0.25) is 14.9 Å². The largest absolute Gasteiger partial charge is 0.490 e. The van der Waals surface area contributed by atoms with Crippen molar-refractivity contribution in [3.8, 4) is 5.75 Å². The highest BCUT2D eigenvalue weighted by atomic mass is 35.5. The van der Waals surface area contributed by atoms with Crippen molar-refractivity contribution in [1.82, 2.24) is 10.2 Å². The molecule has 7 nitrogen and oxygen atoms in total. The minimum absolute atomic E-state index is 0. The Morgan fingerprint density at radius 3 is 2.92 bits per heavy atom. The first-order valence-corrected chi connectivity index (χ1v) is 8.65. The van der Waals surface area contributed by atoms with Gasteiger partial charge in [0, 0.05) is 31.5 Å². The summed E-state index contributed by atoms with van der Waals surface area (Å²) in [4.78, 5) is 24.6. The number of nitro groups is 1. The van der Waals surface area contributed by atoms with Crippen molar-refractivity contribution in [3.63, 3.8) is 0 Å². The van der Waals surface area contributed by atoms with Gasteiger partial charge in [-0.2, -0.15) is 0 Å². The maximum atomic E-state index is 12.2. The molecule has 1 aliphatic rings. The molecule has 0 radical (unpaired) electrons. The van der Waals surface area contributed by atoms with Crippen molar-refractivity contribution < 1.29 is 14.5 Å². The highest BCUT2D eigenvalue weighted by molar-refractivity contribution is 7.99. The number of carbonyl (C=O) groups excluding carboxylic acids is 1. The van der Waals surface area contributed by atoms with E-state index in [9.17, 15) is 14.9 Å². The van der Waals surface area contributed by atoms with Crippen LogP contribution in [0, 0.1) is 10.1 Å². The van der Waals surface area contributed by atoms with Crippen molar-refractivity contribution in [2.75, 3.05) is 39.0 Å². The van der Waals surface area contributed by atoms with Crippen LogP contribution in [0.15, 0.2) is 18.2 Å². The van der Waals surface area contributed by atoms with Gasteiger partial charge in [0.1, 0.15) is 0 Å². The topological polar surface area (TPSA) is 84.7 Å². The lowest BCUT2D eigenvalue weighted by Gasteiger charge is -2.19. The molecular formula is C15H22ClN3O4S. The van der Waals surface area contributed by atoms with E-state index in [0.29, 0.717) is 11.5 Å². The van der Waals surface area contributed by atoms with Crippen molar-refractivity contribution in [1.29, 1.82) is 0 Å². The molecule has 1 N–H and O–H groups in total. The highest BCUT2D eigenvalue weighted by Gasteiger charge is 2.17. The monoisotopic (exact) mass is 375 g/mol. The normalized spacial score (nSPS) is 14.5. The maximum Gasteiger partial charge on any atom is 0.311 e. The number of halogens is 1. The molecule has 24 heavy (non-hydrogen) atoms. The number of ether oxygens (including phenoxy) is 1. The number of rotatable bonds is 6. The average molecular weight is 376 g/mol. The Labute approximate surface area is 151 Å². The lowest BCUT2D eigenvalue weighted by atomic mass is 10.2. The Bertz CT molecular complexity index is 566. The van der Waals surface area contributed by atoms with Gasteiger partial charge in [-0.05, 0) is 24.6 Å². The van der Waals surface area contributed by atoms with Gasteiger partial charge in [-0.15, -0.1) is 24.2 Å². The van der Waals surface area contributed by atoms with Crippen molar-refractivity contribution in [2.45, 2.75) is 12.2 Å². The number of hydrogen-bond acceptors (Lipinski definition) is 6. The van der Waals surface area contributed by atoms with Crippen LogP contribution in [-0.2, 0) is 10.5 Å². The van der Waals surface area contributed by atoms with Gasteiger partial charge in [0.15, 0.2) is 5.75 Å². The van der Waals surface area contributed by atoms with Gasteiger partial charge in [-0.1, -0.05) is 6.07 Å². The van der Waals surface area contributed by atoms with Crippen LogP contribution in [0.2, 0.25) is 0 Å². The number of thioether (sulfide) groups is 1. The summed E-state index contributed by atoms with van der Waals surface area (Å²) in [5.41, 5.74) is 0.767. The number of nitrogens with one attached hydrogen (secondary N) is 1. The van der Waals surface area contributed by atoms with E-state index in [4.69, 9.17) is 4.74 Å². The highest BCUT2D eigenvalue weighted by Crippen LogP contribution is 2.29. The van der Waals surface area contributed by atoms with Gasteiger partial charge in [0.25, 0.3) is 0 Å². The molecule has 0 bridgehead atoms. The molecule has 0 atom stereocenters. The fourth-order valence-corrected chi connectivity index (χ4v) is 3.29. The number of nitro benzene ring substituents is 1. The fourth-order valence-electron chi connectivity index (χ4n) is 2.41. The quantitative estimate of drug-likeness (QED) is 0.605. The number of nitrogens with zero attached hydrogens (tertiary/aromatic N) is 2. The maximum absolute atomic E-state index is 12.2. The van der Waals surface area contributed by atoms with Crippen LogP contribution >= 0.6 is 24.2 Å². The predicted molar refractivity (Wildman–Crippen MR) is 97.1 cm³/mol. The summed E-state index contributed by atoms with van der Waals surface area (Å²) in [7, 11) is 1.41. The number of amides is 1. The standard InChI is InChI=1S/C15H21N3O4S.ClH/c1-22-14-4-3-12(9-13(14)18(20)21)10-23-11-15(19)17-7-2-5-16-6-8-17;/h3-4,9,16H,2,5-8,10-11H2,1H3;1H. The second-order valence-electron chi connectivity index (χ2n) is 5.24. The molecule has 1 heterocycles. The molecular weight excluding hydrogens is 354 g/mol. The van der Waals surface area contributed by atoms with E-state index in [2.05, 4.69) is 5.32 Å². The van der Waals surface area contributed by atoms with Gasteiger partial charge >= 0.3 is 5.69 Å². The zero-order valence-corrected chi connectivity index (χ0v) is 15.2. The fraction of sp³-hybridized carbons (Fsp3) is 0.533. The molecule has 0 unspecified atom stereocenters. The lowest BCUT2D eigenvalue weighted by Crippen LogP contribution is -2.35. The number of methoxy groups -OCH3 is 1. The number of carbonyl (C=O) groups is 1. The predicted octanol–water partition coefficient (Wildman–Crippen LogP) is 2.08. The Kier molecular flexibility index (Phi) is 8.88. The van der Waals surface area contributed by atoms with E-state index in [-0.39, 0.29) is 29.8 Å². The molecule has 0 aromatic heterocycles. The summed E-state index contributed by atoms with van der Waals surface area (Å²) in [6.45, 7) is 3.32. The van der Waals surface area contributed by atoms with Crippen LogP contribution in [0.1, 0.15) is 12.0 Å². The third-order valence-corrected chi connectivity index (χ3v) is 4.62. The summed E-state index contributed by atoms with van der Waals surface area (Å²) < 4.78 is 4.98. The second-order valence-corrected chi connectivity index (χ2v) is 6.23. The summed E-state index contributed by atoms with van der Waals surface area (Å²) in [5.74, 6) is 1.32. The van der Waals surface area contributed by atoms with E-state index in [1.54, 1.807) is 12.1 Å².